The van der Waals surface area contributed by atoms with Crippen LogP contribution in [0.4, 0.5) is 0 Å². The molecular formula is C28H22N+. The summed E-state index contributed by atoms with van der Waals surface area (Å²) in [5, 5.41) is 2.54. The lowest BCUT2D eigenvalue weighted by Crippen LogP contribution is -2.30. The fraction of sp³-hybridized carbons (Fsp3) is 0.0357. The van der Waals surface area contributed by atoms with E-state index in [1.54, 1.807) is 0 Å². The number of benzene rings is 4. The third-order valence-electron chi connectivity index (χ3n) is 5.57. The zero-order valence-corrected chi connectivity index (χ0v) is 16.4. The molecule has 4 aromatic carbocycles. The van der Waals surface area contributed by atoms with Crippen molar-refractivity contribution in [2.75, 3.05) is 0 Å². The molecule has 0 fully saturated rings. The van der Waals surface area contributed by atoms with Gasteiger partial charge in [-0.05, 0) is 28.8 Å². The zero-order chi connectivity index (χ0) is 19.6. The first kappa shape index (κ1) is 17.4. The van der Waals surface area contributed by atoms with Crippen molar-refractivity contribution in [1.82, 2.24) is 0 Å². The second kappa shape index (κ2) is 7.37. The van der Waals surface area contributed by atoms with Crippen molar-refractivity contribution in [2.24, 2.45) is 7.05 Å². The van der Waals surface area contributed by atoms with Crippen molar-refractivity contribution in [3.8, 4) is 11.1 Å². The van der Waals surface area contributed by atoms with Crippen LogP contribution in [0, 0.1) is 0 Å². The minimum Gasteiger partial charge on any atom is -0.194 e. The fourth-order valence-corrected chi connectivity index (χ4v) is 4.04. The molecule has 5 aromatic rings. The molecule has 0 radical (unpaired) electrons. The molecule has 0 atom stereocenters. The maximum Gasteiger partial charge on any atom is 0.213 e. The van der Waals surface area contributed by atoms with Gasteiger partial charge in [-0.3, -0.25) is 0 Å². The Balaban J connectivity index is 1.59. The number of hydrogen-bond donors (Lipinski definition) is 0. The van der Waals surface area contributed by atoms with Gasteiger partial charge in [-0.2, -0.15) is 4.57 Å². The van der Waals surface area contributed by atoms with Gasteiger partial charge in [-0.1, -0.05) is 91.0 Å². The Bertz CT molecular complexity index is 1270. The number of hydrogen-bond acceptors (Lipinski definition) is 0. The molecule has 1 aromatic heterocycles. The molecule has 0 spiro atoms. The van der Waals surface area contributed by atoms with Crippen LogP contribution in [-0.2, 0) is 7.05 Å². The maximum atomic E-state index is 2.27. The Morgan fingerprint density at radius 3 is 1.66 bits per heavy atom. The van der Waals surface area contributed by atoms with E-state index in [-0.39, 0.29) is 0 Å². The number of aromatic nitrogens is 1. The van der Waals surface area contributed by atoms with Gasteiger partial charge < -0.3 is 0 Å². The van der Waals surface area contributed by atoms with Gasteiger partial charge in [0.1, 0.15) is 7.05 Å². The number of nitrogens with zero attached hydrogens (tertiary/aromatic N) is 1. The fourth-order valence-electron chi connectivity index (χ4n) is 4.04. The predicted octanol–water partition coefficient (Wildman–Crippen LogP) is 6.65. The second-order valence-electron chi connectivity index (χ2n) is 7.33. The Hall–Kier alpha value is -3.71. The molecule has 0 aliphatic heterocycles. The van der Waals surface area contributed by atoms with E-state index in [1.807, 2.05) is 0 Å². The Kier molecular flexibility index (Phi) is 4.42. The molecule has 1 nitrogen and oxygen atoms in total. The van der Waals surface area contributed by atoms with Crippen molar-refractivity contribution in [2.45, 2.75) is 0 Å². The largest absolute Gasteiger partial charge is 0.213 e. The van der Waals surface area contributed by atoms with E-state index in [2.05, 4.69) is 127 Å². The third kappa shape index (κ3) is 3.21. The van der Waals surface area contributed by atoms with Crippen LogP contribution in [0.3, 0.4) is 0 Å². The summed E-state index contributed by atoms with van der Waals surface area (Å²) in [5.74, 6) is 0. The van der Waals surface area contributed by atoms with E-state index in [0.29, 0.717) is 0 Å². The maximum absolute atomic E-state index is 2.27. The van der Waals surface area contributed by atoms with Gasteiger partial charge in [-0.25, -0.2) is 0 Å². The first-order chi connectivity index (χ1) is 14.3. The van der Waals surface area contributed by atoms with E-state index in [1.165, 1.54) is 44.1 Å². The minimum absolute atomic E-state index is 1.20. The molecule has 29 heavy (non-hydrogen) atoms. The van der Waals surface area contributed by atoms with E-state index >= 15 is 0 Å². The minimum atomic E-state index is 1.20. The highest BCUT2D eigenvalue weighted by Gasteiger charge is 2.15. The van der Waals surface area contributed by atoms with Crippen LogP contribution in [0.2, 0.25) is 0 Å². The van der Waals surface area contributed by atoms with Gasteiger partial charge in [0.2, 0.25) is 11.0 Å². The van der Waals surface area contributed by atoms with E-state index in [9.17, 15) is 0 Å². The third-order valence-corrected chi connectivity index (χ3v) is 5.57. The summed E-state index contributed by atoms with van der Waals surface area (Å²) in [6.07, 6.45) is 4.46. The lowest BCUT2D eigenvalue weighted by atomic mass is 10.00. The molecule has 5 rings (SSSR count). The standard InChI is InChI=1S/C28H22N/c1-29-27-13-7-5-11-25(27)24(26-12-6-8-14-28(26)29)20-17-21-15-18-23(19-16-21)22-9-3-2-4-10-22/h2-20H,1H3/q+1/b20-17+. The monoisotopic (exact) mass is 372 g/mol. The molecule has 0 amide bonds. The highest BCUT2D eigenvalue weighted by Crippen LogP contribution is 2.27. The molecule has 0 bridgehead atoms. The number of para-hydroxylation sites is 2. The summed E-state index contributed by atoms with van der Waals surface area (Å²) in [5.41, 5.74) is 7.43. The van der Waals surface area contributed by atoms with E-state index in [4.69, 9.17) is 0 Å². The van der Waals surface area contributed by atoms with Crippen LogP contribution in [0.25, 0.3) is 45.1 Å². The summed E-state index contributed by atoms with van der Waals surface area (Å²) < 4.78 is 2.27. The molecule has 0 saturated carbocycles. The van der Waals surface area contributed by atoms with E-state index in [0.717, 1.165) is 0 Å². The van der Waals surface area contributed by atoms with Crippen LogP contribution in [0.15, 0.2) is 103 Å². The average Bonchev–Trinajstić information content (AvgIpc) is 2.80. The molecule has 0 unspecified atom stereocenters. The SMILES string of the molecule is C[n+]1c2ccccc2c(/C=C/c2ccc(-c3ccccc3)cc2)c2ccccc21. The Morgan fingerprint density at radius 1 is 0.517 bits per heavy atom. The van der Waals surface area contributed by atoms with Crippen molar-refractivity contribution >= 4 is 34.0 Å². The lowest BCUT2D eigenvalue weighted by molar-refractivity contribution is -0.617. The number of fused-ring (bicyclic) bond motifs is 2. The Labute approximate surface area is 171 Å². The summed E-state index contributed by atoms with van der Waals surface area (Å²) in [6.45, 7) is 0. The molecule has 0 aliphatic rings. The van der Waals surface area contributed by atoms with Gasteiger partial charge in [0.05, 0.1) is 10.8 Å². The average molecular weight is 372 g/mol. The quantitative estimate of drug-likeness (QED) is 0.246. The highest BCUT2D eigenvalue weighted by atomic mass is 14.9. The van der Waals surface area contributed by atoms with Crippen LogP contribution in [-0.4, -0.2) is 0 Å². The highest BCUT2D eigenvalue weighted by molar-refractivity contribution is 6.01. The first-order valence-electron chi connectivity index (χ1n) is 9.94. The molecule has 0 saturated heterocycles. The molecule has 138 valence electrons. The van der Waals surface area contributed by atoms with Crippen molar-refractivity contribution < 1.29 is 4.57 Å². The predicted molar refractivity (Wildman–Crippen MR) is 123 cm³/mol. The first-order valence-corrected chi connectivity index (χ1v) is 9.94. The van der Waals surface area contributed by atoms with Gasteiger partial charge in [0.25, 0.3) is 0 Å². The molecule has 0 N–H and O–H groups in total. The normalized spacial score (nSPS) is 11.5. The van der Waals surface area contributed by atoms with Gasteiger partial charge in [-0.15, -0.1) is 0 Å². The number of pyridine rings is 1. The van der Waals surface area contributed by atoms with Crippen molar-refractivity contribution in [1.29, 1.82) is 0 Å². The summed E-state index contributed by atoms with van der Waals surface area (Å²) in [4.78, 5) is 0. The van der Waals surface area contributed by atoms with Crippen molar-refractivity contribution in [3.05, 3.63) is 114 Å². The topological polar surface area (TPSA) is 3.88 Å². The van der Waals surface area contributed by atoms with Crippen LogP contribution >= 0.6 is 0 Å². The van der Waals surface area contributed by atoms with Gasteiger partial charge in [0.15, 0.2) is 0 Å². The van der Waals surface area contributed by atoms with Crippen LogP contribution < -0.4 is 4.57 Å². The van der Waals surface area contributed by atoms with Gasteiger partial charge in [0, 0.05) is 17.7 Å². The van der Waals surface area contributed by atoms with Crippen LogP contribution in [0.1, 0.15) is 11.1 Å². The lowest BCUT2D eigenvalue weighted by Gasteiger charge is -2.07. The van der Waals surface area contributed by atoms with E-state index < -0.39 is 0 Å². The summed E-state index contributed by atoms with van der Waals surface area (Å²) in [7, 11) is 2.14. The summed E-state index contributed by atoms with van der Waals surface area (Å²) in [6, 6.07) is 36.5. The molecular weight excluding hydrogens is 350 g/mol. The Morgan fingerprint density at radius 2 is 1.03 bits per heavy atom. The van der Waals surface area contributed by atoms with Gasteiger partial charge >= 0.3 is 0 Å². The number of aryl methyl sites for hydroxylation is 1. The molecule has 0 aliphatic carbocycles. The molecule has 1 heterocycles. The van der Waals surface area contributed by atoms with Crippen LogP contribution in [0.5, 0.6) is 0 Å². The zero-order valence-electron chi connectivity index (χ0n) is 16.4. The van der Waals surface area contributed by atoms with Crippen molar-refractivity contribution in [3.63, 3.8) is 0 Å². The summed E-state index contributed by atoms with van der Waals surface area (Å²) >= 11 is 0. The smallest absolute Gasteiger partial charge is 0.194 e. The molecule has 1 heteroatoms. The number of rotatable bonds is 3. The second-order valence-corrected chi connectivity index (χ2v) is 7.33.